The van der Waals surface area contributed by atoms with Gasteiger partial charge in [0.25, 0.3) is 0 Å². The maximum Gasteiger partial charge on any atom is 0.317 e. The minimum atomic E-state index is -0.880. The smallest absolute Gasteiger partial charge is 0.317 e. The second-order valence-electron chi connectivity index (χ2n) is 5.92. The maximum absolute atomic E-state index is 12.2. The molecule has 6 heteroatoms. The lowest BCUT2D eigenvalue weighted by molar-refractivity contribution is -0.149. The van der Waals surface area contributed by atoms with Gasteiger partial charge in [0.15, 0.2) is 0 Å². The van der Waals surface area contributed by atoms with Crippen LogP contribution in [-0.2, 0) is 4.79 Å². The molecule has 2 amide bonds. The topological polar surface area (TPSA) is 89.9 Å². The van der Waals surface area contributed by atoms with E-state index in [9.17, 15) is 19.8 Å². The third kappa shape index (κ3) is 4.59. The van der Waals surface area contributed by atoms with Gasteiger partial charge in [0.2, 0.25) is 0 Å². The molecule has 0 aliphatic carbocycles. The first kappa shape index (κ1) is 17.8. The molecule has 1 aliphatic rings. The molecule has 21 heavy (non-hydrogen) atoms. The first-order valence-corrected chi connectivity index (χ1v) is 7.86. The van der Waals surface area contributed by atoms with Crippen molar-refractivity contribution < 1.29 is 19.8 Å². The summed E-state index contributed by atoms with van der Waals surface area (Å²) >= 11 is 0. The van der Waals surface area contributed by atoms with Crippen LogP contribution in [0, 0.1) is 11.3 Å². The first-order valence-electron chi connectivity index (χ1n) is 7.86. The van der Waals surface area contributed by atoms with Gasteiger partial charge in [0, 0.05) is 26.2 Å². The summed E-state index contributed by atoms with van der Waals surface area (Å²) in [6.45, 7) is 5.29. The van der Waals surface area contributed by atoms with Crippen molar-refractivity contribution in [2.24, 2.45) is 11.3 Å². The third-order valence-electron chi connectivity index (χ3n) is 4.78. The van der Waals surface area contributed by atoms with Crippen LogP contribution in [0.3, 0.4) is 0 Å². The van der Waals surface area contributed by atoms with Crippen molar-refractivity contribution in [2.75, 3.05) is 26.2 Å². The zero-order valence-corrected chi connectivity index (χ0v) is 13.1. The molecule has 3 N–H and O–H groups in total. The monoisotopic (exact) mass is 300 g/mol. The third-order valence-corrected chi connectivity index (χ3v) is 4.78. The standard InChI is InChI=1S/C15H28N2O4/c1-3-15(4-2,13(19)20)11-16-14(21)17-8-5-6-12(10-18)7-9-17/h12,18H,3-11H2,1-2H3,(H,16,21)(H,19,20). The van der Waals surface area contributed by atoms with E-state index in [0.717, 1.165) is 19.3 Å². The SMILES string of the molecule is CCC(CC)(CNC(=O)N1CCCC(CO)CC1)C(=O)O. The fraction of sp³-hybridized carbons (Fsp3) is 0.867. The van der Waals surface area contributed by atoms with Crippen LogP contribution in [0.25, 0.3) is 0 Å². The van der Waals surface area contributed by atoms with Crippen LogP contribution >= 0.6 is 0 Å². The lowest BCUT2D eigenvalue weighted by Gasteiger charge is -2.29. The predicted octanol–water partition coefficient (Wildman–Crippen LogP) is 1.68. The van der Waals surface area contributed by atoms with Gasteiger partial charge in [0.1, 0.15) is 0 Å². The molecule has 0 aromatic carbocycles. The summed E-state index contributed by atoms with van der Waals surface area (Å²) in [6, 6.07) is -0.193. The van der Waals surface area contributed by atoms with Gasteiger partial charge < -0.3 is 20.4 Å². The normalized spacial score (nSPS) is 20.0. The lowest BCUT2D eigenvalue weighted by Crippen LogP contribution is -2.47. The molecule has 1 atom stereocenters. The Morgan fingerprint density at radius 3 is 2.43 bits per heavy atom. The Bertz CT molecular complexity index is 356. The van der Waals surface area contributed by atoms with Gasteiger partial charge in [-0.2, -0.15) is 0 Å². The van der Waals surface area contributed by atoms with Crippen LogP contribution in [0.15, 0.2) is 0 Å². The summed E-state index contributed by atoms with van der Waals surface area (Å²) in [5.74, 6) is -0.587. The number of carbonyl (C=O) groups is 2. The second-order valence-corrected chi connectivity index (χ2v) is 5.92. The van der Waals surface area contributed by atoms with Crippen LogP contribution in [0.1, 0.15) is 46.0 Å². The summed E-state index contributed by atoms with van der Waals surface area (Å²) in [7, 11) is 0. The highest BCUT2D eigenvalue weighted by Gasteiger charge is 2.35. The van der Waals surface area contributed by atoms with E-state index in [1.54, 1.807) is 4.90 Å². The van der Waals surface area contributed by atoms with Crippen LogP contribution in [0.5, 0.6) is 0 Å². The van der Waals surface area contributed by atoms with E-state index in [1.807, 2.05) is 13.8 Å². The summed E-state index contributed by atoms with van der Waals surface area (Å²) in [4.78, 5) is 25.4. The van der Waals surface area contributed by atoms with Crippen LogP contribution in [0.4, 0.5) is 4.79 Å². The number of nitrogens with one attached hydrogen (secondary N) is 1. The van der Waals surface area contributed by atoms with Crippen LogP contribution < -0.4 is 5.32 Å². The molecule has 1 heterocycles. The molecule has 122 valence electrons. The highest BCUT2D eigenvalue weighted by atomic mass is 16.4. The largest absolute Gasteiger partial charge is 0.481 e. The number of aliphatic hydroxyl groups excluding tert-OH is 1. The van der Waals surface area contributed by atoms with E-state index >= 15 is 0 Å². The minimum absolute atomic E-state index is 0.161. The second kappa shape index (κ2) is 8.22. The number of urea groups is 1. The molecule has 1 unspecified atom stereocenters. The van der Waals surface area contributed by atoms with E-state index in [1.165, 1.54) is 0 Å². The van der Waals surface area contributed by atoms with E-state index in [-0.39, 0.29) is 25.1 Å². The molecule has 0 aromatic heterocycles. The van der Waals surface area contributed by atoms with E-state index in [2.05, 4.69) is 5.32 Å². The Kier molecular flexibility index (Phi) is 6.95. The molecule has 0 aromatic rings. The van der Waals surface area contributed by atoms with E-state index < -0.39 is 11.4 Å². The fourth-order valence-corrected chi connectivity index (χ4v) is 2.79. The van der Waals surface area contributed by atoms with Crippen molar-refractivity contribution >= 4 is 12.0 Å². The van der Waals surface area contributed by atoms with Gasteiger partial charge in [-0.3, -0.25) is 4.79 Å². The lowest BCUT2D eigenvalue weighted by atomic mass is 9.82. The fourth-order valence-electron chi connectivity index (χ4n) is 2.79. The number of amides is 2. The molecule has 0 radical (unpaired) electrons. The van der Waals surface area contributed by atoms with Crippen LogP contribution in [0.2, 0.25) is 0 Å². The Balaban J connectivity index is 2.54. The summed E-state index contributed by atoms with van der Waals surface area (Å²) in [5.41, 5.74) is -0.880. The zero-order chi connectivity index (χ0) is 15.9. The highest BCUT2D eigenvalue weighted by Crippen LogP contribution is 2.26. The van der Waals surface area contributed by atoms with Gasteiger partial charge >= 0.3 is 12.0 Å². The number of aliphatic carboxylic acids is 1. The predicted molar refractivity (Wildman–Crippen MR) is 80.0 cm³/mol. The van der Waals surface area contributed by atoms with Crippen molar-refractivity contribution in [3.8, 4) is 0 Å². The number of nitrogens with zero attached hydrogens (tertiary/aromatic N) is 1. The van der Waals surface area contributed by atoms with Crippen molar-refractivity contribution in [1.29, 1.82) is 0 Å². The van der Waals surface area contributed by atoms with E-state index in [0.29, 0.717) is 25.9 Å². The van der Waals surface area contributed by atoms with Gasteiger partial charge in [-0.1, -0.05) is 13.8 Å². The Morgan fingerprint density at radius 2 is 1.90 bits per heavy atom. The quantitative estimate of drug-likeness (QED) is 0.696. The molecule has 1 aliphatic heterocycles. The Labute approximate surface area is 126 Å². The average molecular weight is 300 g/mol. The number of hydrogen-bond acceptors (Lipinski definition) is 3. The minimum Gasteiger partial charge on any atom is -0.481 e. The van der Waals surface area contributed by atoms with E-state index in [4.69, 9.17) is 0 Å². The van der Waals surface area contributed by atoms with Gasteiger partial charge in [0.05, 0.1) is 5.41 Å². The van der Waals surface area contributed by atoms with Gasteiger partial charge in [-0.15, -0.1) is 0 Å². The molecular formula is C15H28N2O4. The molecule has 1 fully saturated rings. The molecule has 6 nitrogen and oxygen atoms in total. The Hall–Kier alpha value is -1.30. The van der Waals surface area contributed by atoms with Crippen molar-refractivity contribution in [3.63, 3.8) is 0 Å². The van der Waals surface area contributed by atoms with Gasteiger partial charge in [-0.25, -0.2) is 4.79 Å². The number of carboxylic acids is 1. The van der Waals surface area contributed by atoms with Crippen molar-refractivity contribution in [3.05, 3.63) is 0 Å². The molecule has 1 rings (SSSR count). The number of likely N-dealkylation sites (tertiary alicyclic amines) is 1. The molecule has 0 saturated carbocycles. The average Bonchev–Trinajstić information content (AvgIpc) is 2.73. The summed E-state index contributed by atoms with van der Waals surface area (Å²) in [6.07, 6.45) is 3.60. The summed E-state index contributed by atoms with van der Waals surface area (Å²) in [5, 5.41) is 21.3. The number of aliphatic hydroxyl groups is 1. The number of carbonyl (C=O) groups excluding carboxylic acids is 1. The molecule has 0 spiro atoms. The zero-order valence-electron chi connectivity index (χ0n) is 13.1. The maximum atomic E-state index is 12.2. The van der Waals surface area contributed by atoms with Gasteiger partial charge in [-0.05, 0) is 38.0 Å². The van der Waals surface area contributed by atoms with Crippen molar-refractivity contribution in [2.45, 2.75) is 46.0 Å². The molecular weight excluding hydrogens is 272 g/mol. The number of hydrogen-bond donors (Lipinski definition) is 3. The number of carboxylic acid groups (broad SMARTS) is 1. The number of rotatable bonds is 6. The molecule has 0 bridgehead atoms. The first-order chi connectivity index (χ1) is 9.99. The van der Waals surface area contributed by atoms with Crippen molar-refractivity contribution in [1.82, 2.24) is 10.2 Å². The Morgan fingerprint density at radius 1 is 1.24 bits per heavy atom. The van der Waals surface area contributed by atoms with Crippen LogP contribution in [-0.4, -0.2) is 53.4 Å². The summed E-state index contributed by atoms with van der Waals surface area (Å²) < 4.78 is 0. The highest BCUT2D eigenvalue weighted by molar-refractivity contribution is 5.78. The molecule has 1 saturated heterocycles.